The van der Waals surface area contributed by atoms with Crippen LogP contribution in [0.5, 0.6) is 0 Å². The summed E-state index contributed by atoms with van der Waals surface area (Å²) in [6.45, 7) is 20.1. The molecule has 2 aromatic rings. The number of rotatable bonds is 14. The predicted molar refractivity (Wildman–Crippen MR) is 216 cm³/mol. The van der Waals surface area contributed by atoms with Crippen molar-refractivity contribution in [1.82, 2.24) is 19.6 Å². The van der Waals surface area contributed by atoms with Crippen molar-refractivity contribution in [1.29, 1.82) is 0 Å². The fraction of sp³-hybridized carbons (Fsp3) is 0.667. The van der Waals surface area contributed by atoms with Gasteiger partial charge < -0.3 is 9.80 Å². The summed E-state index contributed by atoms with van der Waals surface area (Å²) < 4.78 is 14.7. The molecule has 8 nitrogen and oxygen atoms in total. The number of piperidine rings is 2. The number of carbonyl (C=O) groups is 2. The minimum atomic E-state index is -0.435. The van der Waals surface area contributed by atoms with E-state index in [1.807, 2.05) is 0 Å². The third-order valence-electron chi connectivity index (χ3n) is 12.8. The van der Waals surface area contributed by atoms with Gasteiger partial charge in [0.1, 0.15) is 11.6 Å². The van der Waals surface area contributed by atoms with E-state index in [2.05, 4.69) is 61.4 Å². The highest BCUT2D eigenvalue weighted by Gasteiger charge is 2.31. The van der Waals surface area contributed by atoms with Crippen LogP contribution in [0.15, 0.2) is 30.3 Å². The molecule has 4 aliphatic heterocycles. The van der Waals surface area contributed by atoms with Crippen LogP contribution in [-0.4, -0.2) is 135 Å². The molecule has 6 rings (SSSR count). The molecule has 11 heteroatoms. The van der Waals surface area contributed by atoms with Crippen LogP contribution in [0, 0.1) is 31.5 Å². The third kappa shape index (κ3) is 10.9. The lowest BCUT2D eigenvalue weighted by Gasteiger charge is -2.39. The molecular formula is C42H61Cl2FN6O2. The molecule has 4 heterocycles. The van der Waals surface area contributed by atoms with E-state index >= 15 is 0 Å². The molecular weight excluding hydrogens is 710 g/mol. The summed E-state index contributed by atoms with van der Waals surface area (Å²) in [5, 5.41) is 0.239. The van der Waals surface area contributed by atoms with Gasteiger partial charge in [-0.3, -0.25) is 29.2 Å². The Kier molecular flexibility index (Phi) is 14.5. The molecule has 0 amide bonds. The molecule has 4 aliphatic rings. The molecule has 1 unspecified atom stereocenters. The first-order valence-electron chi connectivity index (χ1n) is 20.2. The minimum Gasteiger partial charge on any atom is -0.369 e. The van der Waals surface area contributed by atoms with Gasteiger partial charge in [-0.2, -0.15) is 0 Å². The van der Waals surface area contributed by atoms with Gasteiger partial charge >= 0.3 is 0 Å². The van der Waals surface area contributed by atoms with Gasteiger partial charge in [0.25, 0.3) is 0 Å². The SMILES string of the molecule is CC(=O)C(CC(=O)CN1CCC(CCN2CCN(c3ccc(Cl)c(Cl)c3F)CC2)CC1)N1CCC(CCN2CCN(c3ccc(C)c(C)c3)CC2)CC1. The first-order chi connectivity index (χ1) is 25.5. The van der Waals surface area contributed by atoms with Gasteiger partial charge in [0.15, 0.2) is 5.82 Å². The Bertz CT molecular complexity index is 1530. The zero-order valence-electron chi connectivity index (χ0n) is 32.3. The summed E-state index contributed by atoms with van der Waals surface area (Å²) in [4.78, 5) is 40.3. The molecule has 53 heavy (non-hydrogen) atoms. The monoisotopic (exact) mass is 770 g/mol. The fourth-order valence-electron chi connectivity index (χ4n) is 8.90. The molecule has 1 atom stereocenters. The molecule has 0 saturated carbocycles. The minimum absolute atomic E-state index is 0.00515. The van der Waals surface area contributed by atoms with Crippen LogP contribution in [0.2, 0.25) is 10.0 Å². The van der Waals surface area contributed by atoms with Gasteiger partial charge in [0.05, 0.1) is 28.3 Å². The lowest BCUT2D eigenvalue weighted by molar-refractivity contribution is -0.129. The van der Waals surface area contributed by atoms with Gasteiger partial charge in [0.2, 0.25) is 0 Å². The van der Waals surface area contributed by atoms with Crippen LogP contribution in [0.1, 0.15) is 63.0 Å². The summed E-state index contributed by atoms with van der Waals surface area (Å²) in [7, 11) is 0. The zero-order chi connectivity index (χ0) is 37.5. The van der Waals surface area contributed by atoms with Crippen molar-refractivity contribution < 1.29 is 14.0 Å². The maximum Gasteiger partial charge on any atom is 0.166 e. The van der Waals surface area contributed by atoms with Gasteiger partial charge in [-0.25, -0.2) is 4.39 Å². The molecule has 0 spiro atoms. The van der Waals surface area contributed by atoms with Gasteiger partial charge in [0, 0.05) is 64.5 Å². The van der Waals surface area contributed by atoms with E-state index in [-0.39, 0.29) is 27.7 Å². The first kappa shape index (κ1) is 40.4. The van der Waals surface area contributed by atoms with Crippen molar-refractivity contribution in [3.8, 4) is 0 Å². The molecule has 2 aromatic carbocycles. The fourth-order valence-corrected chi connectivity index (χ4v) is 9.21. The van der Waals surface area contributed by atoms with Crippen LogP contribution in [0.3, 0.4) is 0 Å². The second-order valence-electron chi connectivity index (χ2n) is 16.3. The van der Waals surface area contributed by atoms with Crippen LogP contribution in [0.4, 0.5) is 15.8 Å². The summed E-state index contributed by atoms with van der Waals surface area (Å²) >= 11 is 12.0. The smallest absolute Gasteiger partial charge is 0.166 e. The van der Waals surface area contributed by atoms with Crippen LogP contribution in [-0.2, 0) is 9.59 Å². The number of carbonyl (C=O) groups excluding carboxylic acids is 2. The largest absolute Gasteiger partial charge is 0.369 e. The molecule has 4 fully saturated rings. The normalized spacial score (nSPS) is 21.3. The van der Waals surface area contributed by atoms with Gasteiger partial charge in [-0.05, 0) is 146 Å². The summed E-state index contributed by atoms with van der Waals surface area (Å²) in [6, 6.07) is 9.92. The quantitative estimate of drug-likeness (QED) is 0.194. The van der Waals surface area contributed by atoms with E-state index in [0.717, 1.165) is 124 Å². The Hall–Kier alpha value is -2.27. The third-order valence-corrected chi connectivity index (χ3v) is 13.5. The van der Waals surface area contributed by atoms with Crippen LogP contribution >= 0.6 is 23.2 Å². The second-order valence-corrected chi connectivity index (χ2v) is 17.1. The number of likely N-dealkylation sites (tertiary alicyclic amines) is 2. The van der Waals surface area contributed by atoms with Crippen molar-refractivity contribution in [2.45, 2.75) is 71.8 Å². The number of ketones is 2. The maximum absolute atomic E-state index is 14.7. The highest BCUT2D eigenvalue weighted by molar-refractivity contribution is 6.42. The number of halogens is 3. The number of hydrogen-bond donors (Lipinski definition) is 0. The average molecular weight is 772 g/mol. The molecule has 0 bridgehead atoms. The number of aryl methyl sites for hydroxylation is 2. The number of hydrogen-bond acceptors (Lipinski definition) is 8. The second kappa shape index (κ2) is 19.1. The number of benzene rings is 2. The average Bonchev–Trinajstić information content (AvgIpc) is 3.17. The van der Waals surface area contributed by atoms with Crippen molar-refractivity contribution >= 4 is 46.1 Å². The first-order valence-corrected chi connectivity index (χ1v) is 20.9. The summed E-state index contributed by atoms with van der Waals surface area (Å²) in [5.41, 5.74) is 4.59. The van der Waals surface area contributed by atoms with Crippen LogP contribution in [0.25, 0.3) is 0 Å². The Morgan fingerprint density at radius 1 is 0.717 bits per heavy atom. The van der Waals surface area contributed by atoms with E-state index in [1.54, 1.807) is 19.1 Å². The van der Waals surface area contributed by atoms with Crippen molar-refractivity contribution in [3.63, 3.8) is 0 Å². The predicted octanol–water partition coefficient (Wildman–Crippen LogP) is 6.81. The molecule has 4 saturated heterocycles. The molecule has 0 N–H and O–H groups in total. The van der Waals surface area contributed by atoms with E-state index in [0.29, 0.717) is 30.5 Å². The van der Waals surface area contributed by atoms with Gasteiger partial charge in [-0.15, -0.1) is 0 Å². The highest BCUT2D eigenvalue weighted by atomic mass is 35.5. The summed E-state index contributed by atoms with van der Waals surface area (Å²) in [5.74, 6) is 1.24. The summed E-state index contributed by atoms with van der Waals surface area (Å²) in [6.07, 6.45) is 7.13. The van der Waals surface area contributed by atoms with E-state index in [1.165, 1.54) is 23.2 Å². The van der Waals surface area contributed by atoms with Crippen molar-refractivity contribution in [2.24, 2.45) is 11.8 Å². The Labute approximate surface area is 327 Å². The Morgan fingerprint density at radius 2 is 1.28 bits per heavy atom. The van der Waals surface area contributed by atoms with Crippen molar-refractivity contribution in [2.75, 3.05) is 108 Å². The number of nitrogens with zero attached hydrogens (tertiary/aromatic N) is 6. The van der Waals surface area contributed by atoms with Gasteiger partial charge in [-0.1, -0.05) is 29.3 Å². The molecule has 292 valence electrons. The standard InChI is InChI=1S/C42H61Cl2FN6O2/c1-31-4-5-36(28-32(31)2)49-24-20-46(21-25-49)15-9-35-12-18-50(19-13-35)40(33(3)52)29-37(53)30-48-16-10-34(11-17-48)8-14-47-22-26-51(27-23-47)39-7-6-38(43)41(44)42(39)45/h4-7,28,34-35,40H,8-27,29-30H2,1-3H3. The van der Waals surface area contributed by atoms with E-state index < -0.39 is 5.82 Å². The van der Waals surface area contributed by atoms with E-state index in [9.17, 15) is 14.0 Å². The molecule has 0 aromatic heterocycles. The zero-order valence-corrected chi connectivity index (χ0v) is 33.8. The lowest BCUT2D eigenvalue weighted by Crippen LogP contribution is -2.48. The lowest BCUT2D eigenvalue weighted by atomic mass is 9.91. The number of Topliss-reactive ketones (excluding diaryl/α,β-unsaturated/α-hetero) is 2. The van der Waals surface area contributed by atoms with E-state index in [4.69, 9.17) is 23.2 Å². The number of anilines is 2. The van der Waals surface area contributed by atoms with Crippen LogP contribution < -0.4 is 9.80 Å². The maximum atomic E-state index is 14.7. The van der Waals surface area contributed by atoms with Crippen molar-refractivity contribution in [3.05, 3.63) is 57.3 Å². The Balaban J connectivity index is 0.838. The number of piperazine rings is 2. The molecule has 0 radical (unpaired) electrons. The Morgan fingerprint density at radius 3 is 1.85 bits per heavy atom. The molecule has 0 aliphatic carbocycles. The highest BCUT2D eigenvalue weighted by Crippen LogP contribution is 2.33. The topological polar surface area (TPSA) is 53.6 Å².